The van der Waals surface area contributed by atoms with Crippen LogP contribution in [0, 0.1) is 11.3 Å². The van der Waals surface area contributed by atoms with Gasteiger partial charge in [0, 0.05) is 0 Å². The van der Waals surface area contributed by atoms with Gasteiger partial charge in [-0.2, -0.15) is 10.3 Å². The molecule has 0 atom stereocenters. The summed E-state index contributed by atoms with van der Waals surface area (Å²) < 4.78 is 0. The summed E-state index contributed by atoms with van der Waals surface area (Å²) in [6, 6.07) is 9.31. The van der Waals surface area contributed by atoms with E-state index in [0.717, 1.165) is 18.4 Å². The van der Waals surface area contributed by atoms with Crippen molar-refractivity contribution in [3.63, 3.8) is 0 Å². The number of hydrogen-bond acceptors (Lipinski definition) is 3. The number of nitriles is 1. The summed E-state index contributed by atoms with van der Waals surface area (Å²) in [4.78, 5) is 14.0. The molecule has 3 heteroatoms. The molecule has 0 radical (unpaired) electrons. The van der Waals surface area contributed by atoms with Crippen LogP contribution in [0.1, 0.15) is 24.0 Å². The smallest absolute Gasteiger partial charge is 0.211 e. The maximum absolute atomic E-state index is 10.2. The van der Waals surface area contributed by atoms with Gasteiger partial charge < -0.3 is 0 Å². The Bertz CT molecular complexity index is 449. The average Bonchev–Trinajstić information content (AvgIpc) is 3.00. The first-order chi connectivity index (χ1) is 6.80. The van der Waals surface area contributed by atoms with Crippen LogP contribution in [-0.4, -0.2) is 6.08 Å². The lowest BCUT2D eigenvalue weighted by Gasteiger charge is -2.07. The number of aliphatic imine (C=N–C) groups is 1. The van der Waals surface area contributed by atoms with Crippen LogP contribution >= 0.6 is 0 Å². The Hall–Kier alpha value is -1.91. The van der Waals surface area contributed by atoms with Crippen molar-refractivity contribution in [3.05, 3.63) is 35.4 Å². The lowest BCUT2D eigenvalue weighted by Crippen LogP contribution is -2.01. The van der Waals surface area contributed by atoms with Crippen LogP contribution in [-0.2, 0) is 10.3 Å². The van der Waals surface area contributed by atoms with Gasteiger partial charge in [-0.05, 0) is 30.5 Å². The molecular weight excluding hydrogens is 176 g/mol. The van der Waals surface area contributed by atoms with E-state index in [0.29, 0.717) is 5.56 Å². The van der Waals surface area contributed by atoms with Crippen LogP contribution in [0.4, 0.5) is 0 Å². The molecule has 1 saturated carbocycles. The Kier molecular flexibility index (Phi) is 1.92. The van der Waals surface area contributed by atoms with Gasteiger partial charge in [0.05, 0.1) is 17.2 Å². The van der Waals surface area contributed by atoms with Crippen molar-refractivity contribution in [2.45, 2.75) is 18.4 Å². The minimum atomic E-state index is -0.366. The van der Waals surface area contributed by atoms with Gasteiger partial charge in [-0.25, -0.2) is 4.79 Å². The molecule has 0 unspecified atom stereocenters. The zero-order valence-corrected chi connectivity index (χ0v) is 7.53. The molecule has 14 heavy (non-hydrogen) atoms. The third-order valence-corrected chi connectivity index (χ3v) is 2.51. The highest BCUT2D eigenvalue weighted by Gasteiger charge is 2.44. The largest absolute Gasteiger partial charge is 0.235 e. The number of hydrogen-bond donors (Lipinski definition) is 0. The predicted molar refractivity (Wildman–Crippen MR) is 50.2 cm³/mol. The summed E-state index contributed by atoms with van der Waals surface area (Å²) in [5.41, 5.74) is 1.18. The number of nitrogens with zero attached hydrogens (tertiary/aromatic N) is 2. The molecule has 1 aromatic carbocycles. The molecule has 0 aromatic heterocycles. The van der Waals surface area contributed by atoms with E-state index in [2.05, 4.69) is 11.1 Å². The fourth-order valence-corrected chi connectivity index (χ4v) is 1.55. The molecule has 1 aliphatic carbocycles. The van der Waals surface area contributed by atoms with Gasteiger partial charge in [0.2, 0.25) is 6.08 Å². The highest BCUT2D eigenvalue weighted by molar-refractivity contribution is 5.44. The van der Waals surface area contributed by atoms with Gasteiger partial charge in [-0.1, -0.05) is 12.1 Å². The van der Waals surface area contributed by atoms with Crippen molar-refractivity contribution < 1.29 is 4.79 Å². The molecule has 68 valence electrons. The van der Waals surface area contributed by atoms with E-state index in [1.165, 1.54) is 0 Å². The summed E-state index contributed by atoms with van der Waals surface area (Å²) in [6.45, 7) is 0. The minimum absolute atomic E-state index is 0.366. The van der Waals surface area contributed by atoms with Crippen LogP contribution in [0.3, 0.4) is 0 Å². The lowest BCUT2D eigenvalue weighted by atomic mass is 10.0. The fourth-order valence-electron chi connectivity index (χ4n) is 1.55. The third-order valence-electron chi connectivity index (χ3n) is 2.51. The summed E-state index contributed by atoms with van der Waals surface area (Å²) in [5, 5.41) is 8.72. The topological polar surface area (TPSA) is 53.2 Å². The molecule has 0 heterocycles. The zero-order chi connectivity index (χ0) is 10.0. The molecular formula is C11H8N2O. The third kappa shape index (κ3) is 1.32. The van der Waals surface area contributed by atoms with Gasteiger partial charge in [0.15, 0.2) is 0 Å². The van der Waals surface area contributed by atoms with E-state index in [-0.39, 0.29) is 5.54 Å². The molecule has 1 fully saturated rings. The Morgan fingerprint density at radius 3 is 2.79 bits per heavy atom. The lowest BCUT2D eigenvalue weighted by molar-refractivity contribution is 0.556. The molecule has 0 amide bonds. The van der Waals surface area contributed by atoms with Gasteiger partial charge in [0.25, 0.3) is 0 Å². The monoisotopic (exact) mass is 184 g/mol. The van der Waals surface area contributed by atoms with Gasteiger partial charge in [0.1, 0.15) is 0 Å². The molecule has 0 N–H and O–H groups in total. The van der Waals surface area contributed by atoms with E-state index in [1.54, 1.807) is 18.2 Å². The summed E-state index contributed by atoms with van der Waals surface area (Å²) in [6.07, 6.45) is 3.34. The second kappa shape index (κ2) is 3.10. The van der Waals surface area contributed by atoms with Gasteiger partial charge in [-0.3, -0.25) is 0 Å². The molecule has 1 aliphatic rings. The first-order valence-electron chi connectivity index (χ1n) is 4.40. The number of rotatable bonds is 2. The fraction of sp³-hybridized carbons (Fsp3) is 0.273. The van der Waals surface area contributed by atoms with Crippen LogP contribution in [0.15, 0.2) is 29.3 Å². The Labute approximate surface area is 81.7 Å². The van der Waals surface area contributed by atoms with Crippen molar-refractivity contribution in [2.75, 3.05) is 0 Å². The first kappa shape index (κ1) is 8.68. The van der Waals surface area contributed by atoms with Crippen LogP contribution in [0.25, 0.3) is 0 Å². The molecule has 2 rings (SSSR count). The average molecular weight is 184 g/mol. The summed E-state index contributed by atoms with van der Waals surface area (Å²) >= 11 is 0. The number of carbonyl (C=O) groups excluding carboxylic acids is 1. The van der Waals surface area contributed by atoms with Gasteiger partial charge in [-0.15, -0.1) is 0 Å². The second-order valence-electron chi connectivity index (χ2n) is 3.43. The first-order valence-corrected chi connectivity index (χ1v) is 4.40. The van der Waals surface area contributed by atoms with E-state index in [1.807, 2.05) is 12.1 Å². The number of isocyanates is 1. The maximum Gasteiger partial charge on any atom is 0.235 e. The van der Waals surface area contributed by atoms with Crippen molar-refractivity contribution >= 4 is 6.08 Å². The highest BCUT2D eigenvalue weighted by atomic mass is 16.1. The van der Waals surface area contributed by atoms with Crippen LogP contribution < -0.4 is 0 Å². The van der Waals surface area contributed by atoms with E-state index >= 15 is 0 Å². The van der Waals surface area contributed by atoms with Crippen molar-refractivity contribution in [1.29, 1.82) is 5.26 Å². The molecule has 3 nitrogen and oxygen atoms in total. The van der Waals surface area contributed by atoms with Crippen molar-refractivity contribution in [2.24, 2.45) is 4.99 Å². The van der Waals surface area contributed by atoms with E-state index < -0.39 is 0 Å². The summed E-state index contributed by atoms with van der Waals surface area (Å²) in [5.74, 6) is 0. The number of benzene rings is 1. The Morgan fingerprint density at radius 2 is 2.21 bits per heavy atom. The van der Waals surface area contributed by atoms with Gasteiger partial charge >= 0.3 is 0 Å². The van der Waals surface area contributed by atoms with Crippen molar-refractivity contribution in [1.82, 2.24) is 0 Å². The van der Waals surface area contributed by atoms with E-state index in [4.69, 9.17) is 5.26 Å². The molecule has 0 spiro atoms. The second-order valence-corrected chi connectivity index (χ2v) is 3.43. The molecule has 0 saturated heterocycles. The standard InChI is InChI=1S/C11H8N2O/c12-7-9-2-1-3-10(6-9)11(4-5-11)13-8-14/h1-3,6H,4-5H2. The van der Waals surface area contributed by atoms with Crippen LogP contribution in [0.5, 0.6) is 0 Å². The maximum atomic E-state index is 10.2. The highest BCUT2D eigenvalue weighted by Crippen LogP contribution is 2.49. The molecule has 0 aliphatic heterocycles. The molecule has 1 aromatic rings. The minimum Gasteiger partial charge on any atom is -0.211 e. The SMILES string of the molecule is N#Cc1cccc(C2(N=C=O)CC2)c1. The van der Waals surface area contributed by atoms with E-state index in [9.17, 15) is 4.79 Å². The summed E-state index contributed by atoms with van der Waals surface area (Å²) in [7, 11) is 0. The van der Waals surface area contributed by atoms with Crippen molar-refractivity contribution in [3.8, 4) is 6.07 Å². The zero-order valence-electron chi connectivity index (χ0n) is 7.53. The van der Waals surface area contributed by atoms with Crippen LogP contribution in [0.2, 0.25) is 0 Å². The normalized spacial score (nSPS) is 16.5. The molecule has 0 bridgehead atoms. The Balaban J connectivity index is 2.43. The predicted octanol–water partition coefficient (Wildman–Crippen LogP) is 1.88. The Morgan fingerprint density at radius 1 is 1.43 bits per heavy atom. The quantitative estimate of drug-likeness (QED) is 0.520.